The summed E-state index contributed by atoms with van der Waals surface area (Å²) in [6, 6.07) is 5.00. The van der Waals surface area contributed by atoms with Crippen molar-refractivity contribution in [3.63, 3.8) is 0 Å². The molecular formula is C11H16O5. The van der Waals surface area contributed by atoms with Gasteiger partial charge in [-0.2, -0.15) is 0 Å². The van der Waals surface area contributed by atoms with Crippen LogP contribution < -0.4 is 9.47 Å². The summed E-state index contributed by atoms with van der Waals surface area (Å²) in [4.78, 5) is 0. The summed E-state index contributed by atoms with van der Waals surface area (Å²) in [5.41, 5.74) is 0.715. The van der Waals surface area contributed by atoms with Crippen LogP contribution in [0.5, 0.6) is 11.5 Å². The molecule has 0 aromatic heterocycles. The van der Waals surface area contributed by atoms with Gasteiger partial charge in [0.2, 0.25) is 0 Å². The van der Waals surface area contributed by atoms with Gasteiger partial charge in [-0.1, -0.05) is 6.07 Å². The zero-order valence-electron chi connectivity index (χ0n) is 9.09. The minimum atomic E-state index is -0.915. The van der Waals surface area contributed by atoms with Gasteiger partial charge >= 0.3 is 0 Å². The van der Waals surface area contributed by atoms with Crippen molar-refractivity contribution < 1.29 is 24.8 Å². The molecule has 0 saturated carbocycles. The Hall–Kier alpha value is -1.30. The van der Waals surface area contributed by atoms with E-state index in [1.165, 1.54) is 7.11 Å². The van der Waals surface area contributed by atoms with Gasteiger partial charge in [-0.05, 0) is 17.7 Å². The van der Waals surface area contributed by atoms with Gasteiger partial charge in [-0.15, -0.1) is 0 Å². The van der Waals surface area contributed by atoms with Crippen LogP contribution >= 0.6 is 0 Å². The molecular weight excluding hydrogens is 212 g/mol. The van der Waals surface area contributed by atoms with E-state index in [-0.39, 0.29) is 19.8 Å². The van der Waals surface area contributed by atoms with Crippen LogP contribution in [0.4, 0.5) is 0 Å². The van der Waals surface area contributed by atoms with E-state index in [0.29, 0.717) is 17.1 Å². The van der Waals surface area contributed by atoms with Gasteiger partial charge in [0.15, 0.2) is 11.5 Å². The first-order valence-electron chi connectivity index (χ1n) is 4.90. The van der Waals surface area contributed by atoms with Crippen molar-refractivity contribution in [2.45, 2.75) is 12.7 Å². The van der Waals surface area contributed by atoms with Crippen LogP contribution in [0.3, 0.4) is 0 Å². The highest BCUT2D eigenvalue weighted by molar-refractivity contribution is 5.42. The molecule has 0 aliphatic rings. The number of aliphatic hydroxyl groups excluding tert-OH is 3. The Morgan fingerprint density at radius 3 is 2.56 bits per heavy atom. The lowest BCUT2D eigenvalue weighted by Crippen LogP contribution is -2.21. The molecule has 0 aliphatic heterocycles. The van der Waals surface area contributed by atoms with E-state index in [0.717, 1.165) is 0 Å². The maximum absolute atomic E-state index is 9.13. The number of methoxy groups -OCH3 is 1. The fourth-order valence-electron chi connectivity index (χ4n) is 1.17. The van der Waals surface area contributed by atoms with E-state index in [2.05, 4.69) is 0 Å². The van der Waals surface area contributed by atoms with E-state index < -0.39 is 6.10 Å². The van der Waals surface area contributed by atoms with Gasteiger partial charge in [-0.3, -0.25) is 0 Å². The molecule has 0 radical (unpaired) electrons. The minimum absolute atomic E-state index is 0.00860. The molecule has 16 heavy (non-hydrogen) atoms. The lowest BCUT2D eigenvalue weighted by molar-refractivity contribution is 0.0527. The molecule has 1 rings (SSSR count). The molecule has 1 aromatic rings. The van der Waals surface area contributed by atoms with Gasteiger partial charge < -0.3 is 24.8 Å². The predicted molar refractivity (Wildman–Crippen MR) is 57.5 cm³/mol. The van der Waals surface area contributed by atoms with Crippen LogP contribution in [0.25, 0.3) is 0 Å². The maximum atomic E-state index is 9.13. The third-order valence-corrected chi connectivity index (χ3v) is 2.05. The first-order chi connectivity index (χ1) is 7.71. The van der Waals surface area contributed by atoms with E-state index in [1.54, 1.807) is 18.2 Å². The van der Waals surface area contributed by atoms with Crippen LogP contribution in [0.1, 0.15) is 5.56 Å². The monoisotopic (exact) mass is 228 g/mol. The van der Waals surface area contributed by atoms with Gasteiger partial charge in [0.05, 0.1) is 20.3 Å². The third kappa shape index (κ3) is 3.37. The van der Waals surface area contributed by atoms with Crippen LogP contribution in [-0.4, -0.2) is 41.7 Å². The summed E-state index contributed by atoms with van der Waals surface area (Å²) in [6.07, 6.45) is -0.915. The van der Waals surface area contributed by atoms with Gasteiger partial charge in [0, 0.05) is 0 Å². The molecule has 0 saturated heterocycles. The Balaban J connectivity index is 2.71. The van der Waals surface area contributed by atoms with Gasteiger partial charge in [0.25, 0.3) is 0 Å². The second kappa shape index (κ2) is 6.32. The first-order valence-corrected chi connectivity index (χ1v) is 4.90. The van der Waals surface area contributed by atoms with Crippen molar-refractivity contribution in [1.82, 2.24) is 0 Å². The summed E-state index contributed by atoms with van der Waals surface area (Å²) in [6.45, 7) is -0.432. The highest BCUT2D eigenvalue weighted by Gasteiger charge is 2.08. The largest absolute Gasteiger partial charge is 0.493 e. The average molecular weight is 228 g/mol. The molecule has 0 aliphatic carbocycles. The van der Waals surface area contributed by atoms with E-state index in [1.807, 2.05) is 0 Å². The molecule has 1 unspecified atom stereocenters. The van der Waals surface area contributed by atoms with Crippen LogP contribution in [0.2, 0.25) is 0 Å². The lowest BCUT2D eigenvalue weighted by Gasteiger charge is -2.13. The van der Waals surface area contributed by atoms with Crippen molar-refractivity contribution in [2.24, 2.45) is 0 Å². The number of benzene rings is 1. The van der Waals surface area contributed by atoms with Crippen molar-refractivity contribution in [3.05, 3.63) is 23.8 Å². The summed E-state index contributed by atoms with van der Waals surface area (Å²) in [7, 11) is 1.49. The smallest absolute Gasteiger partial charge is 0.161 e. The standard InChI is InChI=1S/C11H16O5/c1-15-11-4-8(5-12)2-3-10(11)16-7-9(14)6-13/h2-4,9,12-14H,5-7H2,1H3. The third-order valence-electron chi connectivity index (χ3n) is 2.05. The lowest BCUT2D eigenvalue weighted by atomic mass is 10.2. The number of hydrogen-bond donors (Lipinski definition) is 3. The number of aliphatic hydroxyl groups is 3. The summed E-state index contributed by atoms with van der Waals surface area (Å²) in [5.74, 6) is 0.948. The van der Waals surface area contributed by atoms with Crippen LogP contribution in [0, 0.1) is 0 Å². The predicted octanol–water partition coefficient (Wildman–Crippen LogP) is -0.0805. The van der Waals surface area contributed by atoms with Crippen molar-refractivity contribution in [1.29, 1.82) is 0 Å². The second-order valence-electron chi connectivity index (χ2n) is 3.29. The van der Waals surface area contributed by atoms with E-state index in [4.69, 9.17) is 24.8 Å². The van der Waals surface area contributed by atoms with Crippen molar-refractivity contribution >= 4 is 0 Å². The van der Waals surface area contributed by atoms with Gasteiger partial charge in [-0.25, -0.2) is 0 Å². The molecule has 0 spiro atoms. The van der Waals surface area contributed by atoms with E-state index in [9.17, 15) is 0 Å². The zero-order valence-corrected chi connectivity index (χ0v) is 9.09. The fraction of sp³-hybridized carbons (Fsp3) is 0.455. The molecule has 1 atom stereocenters. The van der Waals surface area contributed by atoms with Gasteiger partial charge in [0.1, 0.15) is 12.7 Å². The number of hydrogen-bond acceptors (Lipinski definition) is 5. The SMILES string of the molecule is COc1cc(CO)ccc1OCC(O)CO. The van der Waals surface area contributed by atoms with Crippen molar-refractivity contribution in [3.8, 4) is 11.5 Å². The molecule has 0 bridgehead atoms. The van der Waals surface area contributed by atoms with Crippen LogP contribution in [0.15, 0.2) is 18.2 Å². The second-order valence-corrected chi connectivity index (χ2v) is 3.29. The maximum Gasteiger partial charge on any atom is 0.161 e. The Morgan fingerprint density at radius 1 is 1.25 bits per heavy atom. The first kappa shape index (κ1) is 12.8. The molecule has 3 N–H and O–H groups in total. The molecule has 0 fully saturated rings. The molecule has 5 nitrogen and oxygen atoms in total. The summed E-state index contributed by atoms with van der Waals surface area (Å²) in [5, 5.41) is 26.7. The number of rotatable bonds is 6. The summed E-state index contributed by atoms with van der Waals surface area (Å²) >= 11 is 0. The zero-order chi connectivity index (χ0) is 12.0. The molecule has 0 amide bonds. The Labute approximate surface area is 93.9 Å². The normalized spacial score (nSPS) is 12.2. The summed E-state index contributed by atoms with van der Waals surface area (Å²) < 4.78 is 10.3. The quantitative estimate of drug-likeness (QED) is 0.634. The highest BCUT2D eigenvalue weighted by atomic mass is 16.5. The Morgan fingerprint density at radius 2 is 2.00 bits per heavy atom. The minimum Gasteiger partial charge on any atom is -0.493 e. The highest BCUT2D eigenvalue weighted by Crippen LogP contribution is 2.28. The molecule has 1 aromatic carbocycles. The molecule has 0 heterocycles. The fourth-order valence-corrected chi connectivity index (χ4v) is 1.17. The topological polar surface area (TPSA) is 79.2 Å². The molecule has 5 heteroatoms. The average Bonchev–Trinajstić information content (AvgIpc) is 2.35. The van der Waals surface area contributed by atoms with Crippen LogP contribution in [-0.2, 0) is 6.61 Å². The Bertz CT molecular complexity index is 326. The van der Waals surface area contributed by atoms with Crippen molar-refractivity contribution in [2.75, 3.05) is 20.3 Å². The van der Waals surface area contributed by atoms with E-state index >= 15 is 0 Å². The molecule has 90 valence electrons. The Kier molecular flexibility index (Phi) is 5.04. The number of ether oxygens (including phenoxy) is 2.